The Hall–Kier alpha value is -2.64. The molecule has 0 unspecified atom stereocenters. The summed E-state index contributed by atoms with van der Waals surface area (Å²) in [6, 6.07) is 3.48. The van der Waals surface area contributed by atoms with Crippen LogP contribution in [0.5, 0.6) is 0 Å². The zero-order valence-corrected chi connectivity index (χ0v) is 13.4. The van der Waals surface area contributed by atoms with Gasteiger partial charge in [-0.25, -0.2) is 0 Å². The van der Waals surface area contributed by atoms with Gasteiger partial charge in [0.05, 0.1) is 19.3 Å². The predicted molar refractivity (Wildman–Crippen MR) is 81.6 cm³/mol. The van der Waals surface area contributed by atoms with Crippen LogP contribution in [0.25, 0.3) is 11.6 Å². The van der Waals surface area contributed by atoms with E-state index in [0.717, 1.165) is 0 Å². The second kappa shape index (κ2) is 7.29. The number of esters is 1. The molecule has 0 spiro atoms. The molecule has 0 atom stereocenters. The Kier molecular flexibility index (Phi) is 4.93. The third-order valence-corrected chi connectivity index (χ3v) is 4.14. The smallest absolute Gasteiger partial charge is 0.308 e. The minimum absolute atomic E-state index is 0.0241. The van der Waals surface area contributed by atoms with Gasteiger partial charge in [0.1, 0.15) is 0 Å². The number of ether oxygens (including phenoxy) is 1. The van der Waals surface area contributed by atoms with Crippen LogP contribution in [-0.2, 0) is 20.7 Å². The number of aromatic nitrogens is 2. The Morgan fingerprint density at radius 3 is 2.83 bits per heavy atom. The average molecular weight is 333 g/mol. The van der Waals surface area contributed by atoms with Crippen LogP contribution in [-0.4, -0.2) is 47.1 Å². The normalized spacial score (nSPS) is 15.5. The van der Waals surface area contributed by atoms with Crippen molar-refractivity contribution in [2.45, 2.75) is 25.7 Å². The van der Waals surface area contributed by atoms with Crippen molar-refractivity contribution in [1.82, 2.24) is 15.0 Å². The van der Waals surface area contributed by atoms with E-state index in [4.69, 9.17) is 13.7 Å². The van der Waals surface area contributed by atoms with E-state index in [0.29, 0.717) is 56.2 Å². The fraction of sp³-hybridized carbons (Fsp3) is 0.500. The Labute approximate surface area is 138 Å². The molecule has 0 N–H and O–H groups in total. The summed E-state index contributed by atoms with van der Waals surface area (Å²) in [4.78, 5) is 29.7. The summed E-state index contributed by atoms with van der Waals surface area (Å²) in [5, 5.41) is 3.83. The molecular weight excluding hydrogens is 314 g/mol. The van der Waals surface area contributed by atoms with Crippen LogP contribution in [0.4, 0.5) is 0 Å². The zero-order valence-electron chi connectivity index (χ0n) is 13.4. The lowest BCUT2D eigenvalue weighted by Crippen LogP contribution is -2.40. The number of aryl methyl sites for hydroxylation is 1. The molecule has 8 nitrogen and oxygen atoms in total. The predicted octanol–water partition coefficient (Wildman–Crippen LogP) is 1.67. The van der Waals surface area contributed by atoms with Crippen molar-refractivity contribution in [3.05, 3.63) is 24.3 Å². The average Bonchev–Trinajstić information content (AvgIpc) is 3.30. The third-order valence-electron chi connectivity index (χ3n) is 4.14. The van der Waals surface area contributed by atoms with E-state index in [1.165, 1.54) is 13.4 Å². The van der Waals surface area contributed by atoms with E-state index >= 15 is 0 Å². The molecule has 1 amide bonds. The fourth-order valence-electron chi connectivity index (χ4n) is 2.77. The number of carbonyl (C=O) groups excluding carboxylic acids is 2. The van der Waals surface area contributed by atoms with E-state index in [-0.39, 0.29) is 17.8 Å². The number of rotatable bonds is 5. The van der Waals surface area contributed by atoms with Crippen LogP contribution in [0, 0.1) is 5.92 Å². The van der Waals surface area contributed by atoms with Crippen LogP contribution in [0.1, 0.15) is 25.2 Å². The van der Waals surface area contributed by atoms with Crippen LogP contribution in [0.3, 0.4) is 0 Å². The molecular formula is C16H19N3O5. The molecule has 1 fully saturated rings. The molecule has 1 aliphatic rings. The van der Waals surface area contributed by atoms with Crippen molar-refractivity contribution < 1.29 is 23.3 Å². The number of hydrogen-bond donors (Lipinski definition) is 0. The number of likely N-dealkylation sites (tertiary alicyclic amines) is 1. The van der Waals surface area contributed by atoms with Gasteiger partial charge < -0.3 is 18.6 Å². The summed E-state index contributed by atoms with van der Waals surface area (Å²) in [5.41, 5.74) is 0. The van der Waals surface area contributed by atoms with Crippen LogP contribution in [0.2, 0.25) is 0 Å². The highest BCUT2D eigenvalue weighted by atomic mass is 16.5. The summed E-state index contributed by atoms with van der Waals surface area (Å²) in [6.45, 7) is 1.14. The molecule has 128 valence electrons. The van der Waals surface area contributed by atoms with Gasteiger partial charge in [0.25, 0.3) is 0 Å². The van der Waals surface area contributed by atoms with Gasteiger partial charge in [-0.1, -0.05) is 5.16 Å². The standard InChI is InChI=1S/C16H19N3O5/c1-22-16(21)11-6-8-19(9-7-11)14(20)5-4-13-17-15(18-24-13)12-3-2-10-23-12/h2-3,10-11H,4-9H2,1H3. The van der Waals surface area contributed by atoms with Crippen LogP contribution < -0.4 is 0 Å². The van der Waals surface area contributed by atoms with Crippen molar-refractivity contribution in [2.24, 2.45) is 5.92 Å². The van der Waals surface area contributed by atoms with Gasteiger partial charge in [0, 0.05) is 25.9 Å². The maximum Gasteiger partial charge on any atom is 0.308 e. The van der Waals surface area contributed by atoms with E-state index in [2.05, 4.69) is 10.1 Å². The number of furan rings is 1. The summed E-state index contributed by atoms with van der Waals surface area (Å²) >= 11 is 0. The first-order valence-electron chi connectivity index (χ1n) is 7.89. The molecule has 0 aliphatic carbocycles. The molecule has 0 saturated carbocycles. The van der Waals surface area contributed by atoms with Crippen molar-refractivity contribution in [3.63, 3.8) is 0 Å². The molecule has 3 rings (SSSR count). The molecule has 0 bridgehead atoms. The van der Waals surface area contributed by atoms with E-state index in [9.17, 15) is 9.59 Å². The van der Waals surface area contributed by atoms with Crippen LogP contribution >= 0.6 is 0 Å². The van der Waals surface area contributed by atoms with Gasteiger partial charge in [0.15, 0.2) is 5.76 Å². The van der Waals surface area contributed by atoms with Crippen LogP contribution in [0.15, 0.2) is 27.3 Å². The number of carbonyl (C=O) groups is 2. The SMILES string of the molecule is COC(=O)C1CCN(C(=O)CCc2nc(-c3ccco3)no2)CC1. The fourth-order valence-corrected chi connectivity index (χ4v) is 2.77. The first-order valence-corrected chi connectivity index (χ1v) is 7.89. The second-order valence-corrected chi connectivity index (χ2v) is 5.67. The minimum Gasteiger partial charge on any atom is -0.469 e. The monoisotopic (exact) mass is 333 g/mol. The number of piperidine rings is 1. The van der Waals surface area contributed by atoms with Gasteiger partial charge in [-0.3, -0.25) is 9.59 Å². The second-order valence-electron chi connectivity index (χ2n) is 5.67. The minimum atomic E-state index is -0.196. The maximum atomic E-state index is 12.3. The number of amides is 1. The highest BCUT2D eigenvalue weighted by molar-refractivity contribution is 5.77. The van der Waals surface area contributed by atoms with Gasteiger partial charge in [-0.15, -0.1) is 0 Å². The lowest BCUT2D eigenvalue weighted by molar-refractivity contribution is -0.148. The summed E-state index contributed by atoms with van der Waals surface area (Å²) in [6.07, 6.45) is 3.49. The third kappa shape index (κ3) is 3.64. The van der Waals surface area contributed by atoms with Crippen molar-refractivity contribution in [1.29, 1.82) is 0 Å². The van der Waals surface area contributed by atoms with E-state index in [1.54, 1.807) is 17.0 Å². The lowest BCUT2D eigenvalue weighted by Gasteiger charge is -2.30. The molecule has 1 saturated heterocycles. The van der Waals surface area contributed by atoms with E-state index < -0.39 is 0 Å². The quantitative estimate of drug-likeness (QED) is 0.767. The van der Waals surface area contributed by atoms with Crippen molar-refractivity contribution >= 4 is 11.9 Å². The van der Waals surface area contributed by atoms with Gasteiger partial charge >= 0.3 is 5.97 Å². The Bertz CT molecular complexity index is 686. The van der Waals surface area contributed by atoms with Gasteiger partial charge in [-0.2, -0.15) is 4.98 Å². The molecule has 24 heavy (non-hydrogen) atoms. The maximum absolute atomic E-state index is 12.3. The first kappa shape index (κ1) is 16.2. The Morgan fingerprint density at radius 2 is 2.17 bits per heavy atom. The highest BCUT2D eigenvalue weighted by Crippen LogP contribution is 2.20. The molecule has 2 aromatic rings. The summed E-state index contributed by atoms with van der Waals surface area (Å²) in [5.74, 6) is 1.03. The molecule has 0 aromatic carbocycles. The Balaban J connectivity index is 1.47. The molecule has 2 aromatic heterocycles. The molecule has 1 aliphatic heterocycles. The summed E-state index contributed by atoms with van der Waals surface area (Å²) < 4.78 is 15.1. The molecule has 3 heterocycles. The first-order chi connectivity index (χ1) is 11.7. The number of hydrogen-bond acceptors (Lipinski definition) is 7. The van der Waals surface area contributed by atoms with Crippen molar-refractivity contribution in [3.8, 4) is 11.6 Å². The number of methoxy groups -OCH3 is 1. The van der Waals surface area contributed by atoms with Gasteiger partial charge in [-0.05, 0) is 25.0 Å². The topological polar surface area (TPSA) is 98.7 Å². The number of nitrogens with zero attached hydrogens (tertiary/aromatic N) is 3. The van der Waals surface area contributed by atoms with Crippen molar-refractivity contribution in [2.75, 3.05) is 20.2 Å². The zero-order chi connectivity index (χ0) is 16.9. The molecule has 0 radical (unpaired) electrons. The Morgan fingerprint density at radius 1 is 1.38 bits per heavy atom. The van der Waals surface area contributed by atoms with Gasteiger partial charge in [0.2, 0.25) is 17.6 Å². The molecule has 8 heteroatoms. The lowest BCUT2D eigenvalue weighted by atomic mass is 9.97. The van der Waals surface area contributed by atoms with E-state index in [1.807, 2.05) is 0 Å². The summed E-state index contributed by atoms with van der Waals surface area (Å²) in [7, 11) is 1.39. The largest absolute Gasteiger partial charge is 0.469 e. The highest BCUT2D eigenvalue weighted by Gasteiger charge is 2.27.